The van der Waals surface area contributed by atoms with Gasteiger partial charge in [-0.1, -0.05) is 24.3 Å². The number of hydrogen-bond donors (Lipinski definition) is 3. The second kappa shape index (κ2) is 10.6. The van der Waals surface area contributed by atoms with E-state index in [1.807, 2.05) is 0 Å². The molecule has 34 heavy (non-hydrogen) atoms. The Labute approximate surface area is 199 Å². The van der Waals surface area contributed by atoms with Gasteiger partial charge in [0, 0.05) is 22.7 Å². The van der Waals surface area contributed by atoms with E-state index in [4.69, 9.17) is 0 Å². The van der Waals surface area contributed by atoms with Gasteiger partial charge in [0.25, 0.3) is 11.6 Å². The van der Waals surface area contributed by atoms with Crippen LogP contribution >= 0.6 is 11.8 Å². The number of carbonyl (C=O) groups is 3. The SMILES string of the molecule is Cc1ccc([N+](=O)[O-])cc1NC(=O)C(C)Sc1cccc(NC(=O)c2ccccc2C(=O)O)c1. The van der Waals surface area contributed by atoms with Crippen LogP contribution in [0, 0.1) is 17.0 Å². The highest BCUT2D eigenvalue weighted by Crippen LogP contribution is 2.28. The molecular formula is C24H21N3O6S. The van der Waals surface area contributed by atoms with E-state index >= 15 is 0 Å². The van der Waals surface area contributed by atoms with Crippen molar-refractivity contribution in [1.82, 2.24) is 0 Å². The van der Waals surface area contributed by atoms with Crippen LogP contribution in [-0.2, 0) is 4.79 Å². The smallest absolute Gasteiger partial charge is 0.336 e. The quantitative estimate of drug-likeness (QED) is 0.235. The van der Waals surface area contributed by atoms with Crippen LogP contribution in [0.15, 0.2) is 71.6 Å². The van der Waals surface area contributed by atoms with Crippen molar-refractivity contribution in [1.29, 1.82) is 0 Å². The number of nitrogens with one attached hydrogen (secondary N) is 2. The molecule has 2 amide bonds. The van der Waals surface area contributed by atoms with E-state index in [-0.39, 0.29) is 22.7 Å². The number of anilines is 2. The number of amides is 2. The van der Waals surface area contributed by atoms with Gasteiger partial charge in [0.15, 0.2) is 0 Å². The van der Waals surface area contributed by atoms with Crippen molar-refractivity contribution in [2.24, 2.45) is 0 Å². The molecule has 0 fully saturated rings. The summed E-state index contributed by atoms with van der Waals surface area (Å²) >= 11 is 1.24. The molecule has 174 valence electrons. The van der Waals surface area contributed by atoms with E-state index in [0.29, 0.717) is 21.8 Å². The number of carboxylic acids is 1. The minimum atomic E-state index is -1.20. The summed E-state index contributed by atoms with van der Waals surface area (Å²) in [6.07, 6.45) is 0. The van der Waals surface area contributed by atoms with Crippen LogP contribution in [0.4, 0.5) is 17.1 Å². The third kappa shape index (κ3) is 5.99. The molecular weight excluding hydrogens is 458 g/mol. The number of nitro groups is 1. The van der Waals surface area contributed by atoms with Crippen molar-refractivity contribution in [2.45, 2.75) is 24.0 Å². The van der Waals surface area contributed by atoms with E-state index in [0.717, 1.165) is 0 Å². The van der Waals surface area contributed by atoms with Crippen LogP contribution in [0.2, 0.25) is 0 Å². The molecule has 1 atom stereocenters. The first-order valence-corrected chi connectivity index (χ1v) is 11.0. The molecule has 10 heteroatoms. The van der Waals surface area contributed by atoms with Crippen molar-refractivity contribution in [3.63, 3.8) is 0 Å². The van der Waals surface area contributed by atoms with Crippen molar-refractivity contribution >= 4 is 46.6 Å². The molecule has 0 saturated carbocycles. The second-order valence-electron chi connectivity index (χ2n) is 7.34. The number of aryl methyl sites for hydroxylation is 1. The lowest BCUT2D eigenvalue weighted by molar-refractivity contribution is -0.384. The zero-order valence-electron chi connectivity index (χ0n) is 18.3. The van der Waals surface area contributed by atoms with Gasteiger partial charge in [-0.2, -0.15) is 0 Å². The van der Waals surface area contributed by atoms with Crippen LogP contribution in [-0.4, -0.2) is 33.1 Å². The first kappa shape index (κ1) is 24.5. The summed E-state index contributed by atoms with van der Waals surface area (Å²) in [7, 11) is 0. The molecule has 0 spiro atoms. The highest BCUT2D eigenvalue weighted by atomic mass is 32.2. The zero-order valence-corrected chi connectivity index (χ0v) is 19.1. The Kier molecular flexibility index (Phi) is 7.64. The Morgan fingerprint density at radius 2 is 1.68 bits per heavy atom. The van der Waals surface area contributed by atoms with Crippen molar-refractivity contribution in [3.8, 4) is 0 Å². The molecule has 0 aliphatic rings. The minimum Gasteiger partial charge on any atom is -0.478 e. The van der Waals surface area contributed by atoms with E-state index in [1.165, 1.54) is 36.0 Å². The third-order valence-corrected chi connectivity index (χ3v) is 5.96. The molecule has 1 unspecified atom stereocenters. The molecule has 3 rings (SSSR count). The number of non-ortho nitro benzene ring substituents is 1. The van der Waals surface area contributed by atoms with Gasteiger partial charge in [0.1, 0.15) is 0 Å². The Hall–Kier alpha value is -4.18. The summed E-state index contributed by atoms with van der Waals surface area (Å²) in [4.78, 5) is 47.8. The summed E-state index contributed by atoms with van der Waals surface area (Å²) in [5.74, 6) is -2.10. The van der Waals surface area contributed by atoms with Gasteiger partial charge in [-0.25, -0.2) is 4.79 Å². The van der Waals surface area contributed by atoms with E-state index in [2.05, 4.69) is 10.6 Å². The Balaban J connectivity index is 1.69. The molecule has 3 aromatic carbocycles. The normalized spacial score (nSPS) is 11.4. The fraction of sp³-hybridized carbons (Fsp3) is 0.125. The van der Waals surface area contributed by atoms with Crippen LogP contribution < -0.4 is 10.6 Å². The van der Waals surface area contributed by atoms with Gasteiger partial charge in [0.05, 0.1) is 27.0 Å². The summed E-state index contributed by atoms with van der Waals surface area (Å²) in [5.41, 5.74) is 1.32. The standard InChI is InChI=1S/C24H21N3O6S/c1-14-10-11-17(27(32)33)13-21(14)26-22(28)15(2)34-18-7-5-6-16(12-18)25-23(29)19-8-3-4-9-20(19)24(30)31/h3-13,15H,1-2H3,(H,25,29)(H,26,28)(H,30,31). The lowest BCUT2D eigenvalue weighted by Gasteiger charge is -2.14. The second-order valence-corrected chi connectivity index (χ2v) is 8.75. The van der Waals surface area contributed by atoms with Crippen molar-refractivity contribution in [2.75, 3.05) is 10.6 Å². The summed E-state index contributed by atoms with van der Waals surface area (Å²) in [6, 6.07) is 17.0. The van der Waals surface area contributed by atoms with Gasteiger partial charge >= 0.3 is 5.97 Å². The van der Waals surface area contributed by atoms with Crippen molar-refractivity contribution in [3.05, 3.63) is 93.5 Å². The van der Waals surface area contributed by atoms with Gasteiger partial charge in [-0.15, -0.1) is 11.8 Å². The maximum absolute atomic E-state index is 12.7. The summed E-state index contributed by atoms with van der Waals surface area (Å²) in [6.45, 7) is 3.44. The average molecular weight is 480 g/mol. The largest absolute Gasteiger partial charge is 0.478 e. The maximum atomic E-state index is 12.7. The Morgan fingerprint density at radius 1 is 0.971 bits per heavy atom. The van der Waals surface area contributed by atoms with Crippen LogP contribution in [0.3, 0.4) is 0 Å². The van der Waals surface area contributed by atoms with Crippen LogP contribution in [0.25, 0.3) is 0 Å². The fourth-order valence-corrected chi connectivity index (χ4v) is 3.99. The molecule has 0 aliphatic heterocycles. The molecule has 3 aromatic rings. The predicted octanol–water partition coefficient (Wildman–Crippen LogP) is 4.97. The molecule has 0 aromatic heterocycles. The fourth-order valence-electron chi connectivity index (χ4n) is 3.06. The Morgan fingerprint density at radius 3 is 2.35 bits per heavy atom. The lowest BCUT2D eigenvalue weighted by Crippen LogP contribution is -2.23. The summed E-state index contributed by atoms with van der Waals surface area (Å²) in [5, 5.41) is 25.1. The average Bonchev–Trinajstić information content (AvgIpc) is 2.80. The monoisotopic (exact) mass is 479 g/mol. The van der Waals surface area contributed by atoms with E-state index in [1.54, 1.807) is 56.3 Å². The maximum Gasteiger partial charge on any atom is 0.336 e. The number of carbonyl (C=O) groups excluding carboxylic acids is 2. The van der Waals surface area contributed by atoms with E-state index in [9.17, 15) is 29.6 Å². The number of carboxylic acid groups (broad SMARTS) is 1. The van der Waals surface area contributed by atoms with Gasteiger partial charge in [0.2, 0.25) is 5.91 Å². The van der Waals surface area contributed by atoms with Crippen molar-refractivity contribution < 1.29 is 24.4 Å². The molecule has 0 radical (unpaired) electrons. The zero-order chi connectivity index (χ0) is 24.8. The number of hydrogen-bond acceptors (Lipinski definition) is 6. The number of thioether (sulfide) groups is 1. The molecule has 0 heterocycles. The van der Waals surface area contributed by atoms with Gasteiger partial charge in [-0.3, -0.25) is 19.7 Å². The molecule has 9 nitrogen and oxygen atoms in total. The summed E-state index contributed by atoms with van der Waals surface area (Å²) < 4.78 is 0. The third-order valence-electron chi connectivity index (χ3n) is 4.87. The number of aromatic carboxylic acids is 1. The predicted molar refractivity (Wildman–Crippen MR) is 130 cm³/mol. The molecule has 0 bridgehead atoms. The van der Waals surface area contributed by atoms with Crippen LogP contribution in [0.1, 0.15) is 33.2 Å². The number of nitrogens with zero attached hydrogens (tertiary/aromatic N) is 1. The molecule has 0 aliphatic carbocycles. The number of nitro benzene ring substituents is 1. The Bertz CT molecular complexity index is 1280. The van der Waals surface area contributed by atoms with Gasteiger partial charge in [-0.05, 0) is 49.7 Å². The molecule has 3 N–H and O–H groups in total. The first-order valence-electron chi connectivity index (χ1n) is 10.1. The lowest BCUT2D eigenvalue weighted by atomic mass is 10.1. The van der Waals surface area contributed by atoms with Gasteiger partial charge < -0.3 is 15.7 Å². The van der Waals surface area contributed by atoms with E-state index < -0.39 is 22.0 Å². The highest BCUT2D eigenvalue weighted by Gasteiger charge is 2.19. The number of benzene rings is 3. The van der Waals surface area contributed by atoms with Crippen LogP contribution in [0.5, 0.6) is 0 Å². The number of rotatable bonds is 8. The molecule has 0 saturated heterocycles. The first-order chi connectivity index (χ1) is 16.2. The topological polar surface area (TPSA) is 139 Å². The highest BCUT2D eigenvalue weighted by molar-refractivity contribution is 8.00. The minimum absolute atomic E-state index is 0.0353.